The number of hydrogen-bond donors (Lipinski definition) is 1. The van der Waals surface area contributed by atoms with Crippen LogP contribution in [0.1, 0.15) is 50.9 Å². The van der Waals surface area contributed by atoms with Gasteiger partial charge in [0.1, 0.15) is 5.60 Å². The van der Waals surface area contributed by atoms with E-state index in [1.807, 2.05) is 20.8 Å². The summed E-state index contributed by atoms with van der Waals surface area (Å²) < 4.78 is 5.38. The van der Waals surface area contributed by atoms with Crippen molar-refractivity contribution in [1.82, 2.24) is 4.90 Å². The monoisotopic (exact) mass is 346 g/mol. The molecule has 1 aliphatic heterocycles. The lowest BCUT2D eigenvalue weighted by molar-refractivity contribution is -0.121. The van der Waals surface area contributed by atoms with Gasteiger partial charge in [0, 0.05) is 24.3 Å². The number of ether oxygens (including phenoxy) is 1. The first-order valence-electron chi connectivity index (χ1n) is 8.55. The lowest BCUT2D eigenvalue weighted by Gasteiger charge is -2.33. The van der Waals surface area contributed by atoms with Gasteiger partial charge >= 0.3 is 6.09 Å². The fourth-order valence-electron chi connectivity index (χ4n) is 2.74. The van der Waals surface area contributed by atoms with Gasteiger partial charge < -0.3 is 15.0 Å². The molecule has 1 fully saturated rings. The summed E-state index contributed by atoms with van der Waals surface area (Å²) in [5.41, 5.74) is 0.586. The van der Waals surface area contributed by atoms with Crippen LogP contribution in [0.25, 0.3) is 0 Å². The fourth-order valence-corrected chi connectivity index (χ4v) is 2.74. The number of nitrogens with one attached hydrogen (secondary N) is 1. The maximum absolute atomic E-state index is 12.5. The molecule has 1 N–H and O–H groups in total. The summed E-state index contributed by atoms with van der Waals surface area (Å²) in [5.74, 6) is -0.485. The van der Waals surface area contributed by atoms with Crippen LogP contribution in [0.15, 0.2) is 24.3 Å². The molecule has 1 aliphatic rings. The molecule has 136 valence electrons. The summed E-state index contributed by atoms with van der Waals surface area (Å²) >= 11 is 0. The molecule has 1 aromatic carbocycles. The van der Waals surface area contributed by atoms with E-state index in [1.165, 1.54) is 6.92 Å². The third kappa shape index (κ3) is 5.59. The SMILES string of the molecule is CC(=O)c1cccc(NC(=O)C2CCCN(C(=O)OC(C)(C)C)C2)c1. The number of rotatable bonds is 3. The molecule has 6 heteroatoms. The lowest BCUT2D eigenvalue weighted by Crippen LogP contribution is -2.45. The van der Waals surface area contributed by atoms with Crippen LogP contribution in [0.2, 0.25) is 0 Å². The number of carbonyl (C=O) groups excluding carboxylic acids is 3. The van der Waals surface area contributed by atoms with Gasteiger partial charge in [0.15, 0.2) is 5.78 Å². The van der Waals surface area contributed by atoms with Crippen LogP contribution in [0, 0.1) is 5.92 Å². The Morgan fingerprint density at radius 1 is 1.24 bits per heavy atom. The van der Waals surface area contributed by atoms with Crippen LogP contribution in [0.4, 0.5) is 10.5 Å². The second-order valence-electron chi connectivity index (χ2n) is 7.39. The van der Waals surface area contributed by atoms with Gasteiger partial charge in [-0.15, -0.1) is 0 Å². The van der Waals surface area contributed by atoms with Gasteiger partial charge in [-0.05, 0) is 52.7 Å². The first-order chi connectivity index (χ1) is 11.7. The average molecular weight is 346 g/mol. The summed E-state index contributed by atoms with van der Waals surface area (Å²) in [6, 6.07) is 6.86. The second-order valence-corrected chi connectivity index (χ2v) is 7.39. The first-order valence-corrected chi connectivity index (χ1v) is 8.55. The number of likely N-dealkylation sites (tertiary alicyclic amines) is 1. The zero-order chi connectivity index (χ0) is 18.6. The number of carbonyl (C=O) groups is 3. The minimum atomic E-state index is -0.556. The highest BCUT2D eigenvalue weighted by Gasteiger charge is 2.31. The summed E-state index contributed by atoms with van der Waals surface area (Å²) in [6.07, 6.45) is 1.09. The summed E-state index contributed by atoms with van der Waals surface area (Å²) in [4.78, 5) is 37.8. The maximum atomic E-state index is 12.5. The van der Waals surface area contributed by atoms with E-state index >= 15 is 0 Å². The van der Waals surface area contributed by atoms with Crippen molar-refractivity contribution in [2.45, 2.75) is 46.1 Å². The van der Waals surface area contributed by atoms with Gasteiger partial charge in [0.25, 0.3) is 0 Å². The lowest BCUT2D eigenvalue weighted by atomic mass is 9.97. The molecule has 1 aromatic rings. The Balaban J connectivity index is 1.98. The van der Waals surface area contributed by atoms with Crippen molar-refractivity contribution in [2.75, 3.05) is 18.4 Å². The van der Waals surface area contributed by atoms with Gasteiger partial charge in [-0.2, -0.15) is 0 Å². The van der Waals surface area contributed by atoms with Gasteiger partial charge in [-0.3, -0.25) is 9.59 Å². The zero-order valence-corrected chi connectivity index (χ0v) is 15.3. The number of piperidine rings is 1. The molecule has 25 heavy (non-hydrogen) atoms. The highest BCUT2D eigenvalue weighted by Crippen LogP contribution is 2.21. The second kappa shape index (κ2) is 7.68. The molecule has 1 heterocycles. The predicted octanol–water partition coefficient (Wildman–Crippen LogP) is 3.47. The van der Waals surface area contributed by atoms with Crippen molar-refractivity contribution in [1.29, 1.82) is 0 Å². The minimum Gasteiger partial charge on any atom is -0.444 e. The van der Waals surface area contributed by atoms with Crippen molar-refractivity contribution in [3.8, 4) is 0 Å². The number of nitrogens with zero attached hydrogens (tertiary/aromatic N) is 1. The highest BCUT2D eigenvalue weighted by molar-refractivity contribution is 5.97. The number of Topliss-reactive ketones (excluding diaryl/α,β-unsaturated/α-hetero) is 1. The minimum absolute atomic E-state index is 0.0510. The van der Waals surface area contributed by atoms with Crippen molar-refractivity contribution in [3.05, 3.63) is 29.8 Å². The Morgan fingerprint density at radius 3 is 2.60 bits per heavy atom. The quantitative estimate of drug-likeness (QED) is 0.850. The van der Waals surface area contributed by atoms with Crippen LogP contribution < -0.4 is 5.32 Å². The van der Waals surface area contributed by atoms with Crippen molar-refractivity contribution < 1.29 is 19.1 Å². The molecular formula is C19H26N2O4. The largest absolute Gasteiger partial charge is 0.444 e. The van der Waals surface area contributed by atoms with Crippen molar-refractivity contribution in [3.63, 3.8) is 0 Å². The Labute approximate surface area is 148 Å². The van der Waals surface area contributed by atoms with Crippen LogP contribution in [-0.4, -0.2) is 41.4 Å². The fraction of sp³-hybridized carbons (Fsp3) is 0.526. The summed E-state index contributed by atoms with van der Waals surface area (Å²) in [7, 11) is 0. The van der Waals surface area contributed by atoms with E-state index in [2.05, 4.69) is 5.32 Å². The Kier molecular flexibility index (Phi) is 5.82. The molecule has 0 aliphatic carbocycles. The Bertz CT molecular complexity index is 664. The van der Waals surface area contributed by atoms with E-state index in [0.717, 1.165) is 12.8 Å². The van der Waals surface area contributed by atoms with E-state index in [1.54, 1.807) is 29.2 Å². The molecule has 0 aromatic heterocycles. The molecular weight excluding hydrogens is 320 g/mol. The number of hydrogen-bond acceptors (Lipinski definition) is 4. The number of anilines is 1. The molecule has 2 rings (SSSR count). The van der Waals surface area contributed by atoms with Gasteiger partial charge in [0.05, 0.1) is 5.92 Å². The normalized spacial score (nSPS) is 17.8. The molecule has 6 nitrogen and oxygen atoms in total. The molecule has 2 amide bonds. The van der Waals surface area contributed by atoms with Gasteiger partial charge in [-0.1, -0.05) is 12.1 Å². The van der Waals surface area contributed by atoms with Crippen LogP contribution in [-0.2, 0) is 9.53 Å². The summed E-state index contributed by atoms with van der Waals surface area (Å²) in [5, 5.41) is 2.84. The van der Waals surface area contributed by atoms with Gasteiger partial charge in [0.2, 0.25) is 5.91 Å². The highest BCUT2D eigenvalue weighted by atomic mass is 16.6. The molecule has 1 atom stereocenters. The Hall–Kier alpha value is -2.37. The van der Waals surface area contributed by atoms with Crippen LogP contribution in [0.5, 0.6) is 0 Å². The first kappa shape index (κ1) is 19.0. The van der Waals surface area contributed by atoms with Crippen LogP contribution >= 0.6 is 0 Å². The van der Waals surface area contributed by atoms with E-state index in [-0.39, 0.29) is 23.7 Å². The van der Waals surface area contributed by atoms with Crippen molar-refractivity contribution >= 4 is 23.5 Å². The number of benzene rings is 1. The maximum Gasteiger partial charge on any atom is 0.410 e. The van der Waals surface area contributed by atoms with Crippen LogP contribution in [0.3, 0.4) is 0 Å². The van der Waals surface area contributed by atoms with Crippen molar-refractivity contribution in [2.24, 2.45) is 5.92 Å². The topological polar surface area (TPSA) is 75.7 Å². The predicted molar refractivity (Wildman–Crippen MR) is 95.6 cm³/mol. The number of ketones is 1. The molecule has 1 unspecified atom stereocenters. The average Bonchev–Trinajstić information content (AvgIpc) is 2.53. The summed E-state index contributed by atoms with van der Waals surface area (Å²) in [6.45, 7) is 7.88. The third-order valence-electron chi connectivity index (χ3n) is 3.98. The molecule has 1 saturated heterocycles. The van der Waals surface area contributed by atoms with E-state index < -0.39 is 5.60 Å². The molecule has 0 radical (unpaired) electrons. The van der Waals surface area contributed by atoms with E-state index in [4.69, 9.17) is 4.74 Å². The molecule has 0 saturated carbocycles. The van der Waals surface area contributed by atoms with Gasteiger partial charge in [-0.25, -0.2) is 4.79 Å². The zero-order valence-electron chi connectivity index (χ0n) is 15.3. The molecule has 0 bridgehead atoms. The third-order valence-corrected chi connectivity index (χ3v) is 3.98. The number of amides is 2. The van der Waals surface area contributed by atoms with E-state index in [0.29, 0.717) is 24.3 Å². The molecule has 0 spiro atoms. The standard InChI is InChI=1S/C19H26N2O4/c1-13(22)14-7-5-9-16(11-14)20-17(23)15-8-6-10-21(12-15)18(24)25-19(2,3)4/h5,7,9,11,15H,6,8,10,12H2,1-4H3,(H,20,23). The van der Waals surface area contributed by atoms with E-state index in [9.17, 15) is 14.4 Å². The smallest absolute Gasteiger partial charge is 0.410 e. The Morgan fingerprint density at radius 2 is 1.96 bits per heavy atom.